The Kier molecular flexibility index (Phi) is 11.9. The fourth-order valence-corrected chi connectivity index (χ4v) is 4.19. The van der Waals surface area contributed by atoms with Crippen LogP contribution in [0.4, 0.5) is 9.59 Å². The number of aliphatic hydroxyl groups is 1. The summed E-state index contributed by atoms with van der Waals surface area (Å²) >= 11 is 1.54. The standard InChI is InChI=1S/C22H38N4O7S/c1-21(2,3)32-19(29)25-15(18(28)31-12-10-23)9-7-8-11-24-17(27)16-13-34-14-26(16)20(30)33-22(4,5)6/h15-17,24,27H,7-9,11-14H2,1-6H3,(H,25,29)/t15-,16-,17?/m0/s1. The van der Waals surface area contributed by atoms with Crippen molar-refractivity contribution >= 4 is 29.9 Å². The number of nitriles is 1. The summed E-state index contributed by atoms with van der Waals surface area (Å²) in [5, 5.41) is 24.6. The van der Waals surface area contributed by atoms with E-state index in [1.807, 2.05) is 0 Å². The van der Waals surface area contributed by atoms with Gasteiger partial charge in [-0.05, 0) is 67.3 Å². The van der Waals surface area contributed by atoms with Gasteiger partial charge in [-0.3, -0.25) is 10.2 Å². The summed E-state index contributed by atoms with van der Waals surface area (Å²) in [6.45, 7) is 10.5. The summed E-state index contributed by atoms with van der Waals surface area (Å²) in [7, 11) is 0. The van der Waals surface area contributed by atoms with Crippen molar-refractivity contribution in [2.75, 3.05) is 24.8 Å². The molecule has 11 nitrogen and oxygen atoms in total. The molecule has 3 N–H and O–H groups in total. The Morgan fingerprint density at radius 2 is 1.79 bits per heavy atom. The number of hydrogen-bond donors (Lipinski definition) is 3. The summed E-state index contributed by atoms with van der Waals surface area (Å²) < 4.78 is 15.4. The molecule has 1 rings (SSSR count). The van der Waals surface area contributed by atoms with Gasteiger partial charge in [0.1, 0.15) is 29.5 Å². The van der Waals surface area contributed by atoms with Gasteiger partial charge in [0, 0.05) is 5.75 Å². The average Bonchev–Trinajstić information content (AvgIpc) is 3.18. The van der Waals surface area contributed by atoms with E-state index < -0.39 is 54.3 Å². The molecule has 0 bridgehead atoms. The van der Waals surface area contributed by atoms with Crippen LogP contribution in [0.25, 0.3) is 0 Å². The molecule has 2 amide bonds. The molecule has 1 fully saturated rings. The first-order chi connectivity index (χ1) is 15.7. The monoisotopic (exact) mass is 502 g/mol. The fraction of sp³-hybridized carbons (Fsp3) is 0.818. The highest BCUT2D eigenvalue weighted by Gasteiger charge is 2.36. The van der Waals surface area contributed by atoms with Crippen LogP contribution in [0.15, 0.2) is 0 Å². The number of esters is 1. The van der Waals surface area contributed by atoms with E-state index in [9.17, 15) is 19.5 Å². The highest BCUT2D eigenvalue weighted by molar-refractivity contribution is 7.99. The van der Waals surface area contributed by atoms with Crippen LogP contribution in [0.5, 0.6) is 0 Å². The zero-order chi connectivity index (χ0) is 25.9. The van der Waals surface area contributed by atoms with E-state index in [1.54, 1.807) is 47.6 Å². The SMILES string of the molecule is CC(C)(C)OC(=O)N[C@@H](CCCCNC(O)[C@@H]1CSCN1C(=O)OC(C)(C)C)C(=O)OCC#N. The third kappa shape index (κ3) is 11.8. The summed E-state index contributed by atoms with van der Waals surface area (Å²) in [6, 6.07) is 0.350. The van der Waals surface area contributed by atoms with Crippen molar-refractivity contribution in [1.29, 1.82) is 5.26 Å². The van der Waals surface area contributed by atoms with Gasteiger partial charge in [0.15, 0.2) is 6.61 Å². The van der Waals surface area contributed by atoms with Crippen molar-refractivity contribution in [3.63, 3.8) is 0 Å². The lowest BCUT2D eigenvalue weighted by molar-refractivity contribution is -0.145. The summed E-state index contributed by atoms with van der Waals surface area (Å²) in [6.07, 6.45) is -0.766. The third-order valence-corrected chi connectivity index (χ3v) is 5.48. The van der Waals surface area contributed by atoms with E-state index in [0.717, 1.165) is 0 Å². The van der Waals surface area contributed by atoms with Crippen LogP contribution in [-0.2, 0) is 19.0 Å². The lowest BCUT2D eigenvalue weighted by Gasteiger charge is -2.30. The smallest absolute Gasteiger partial charge is 0.411 e. The largest absolute Gasteiger partial charge is 0.449 e. The van der Waals surface area contributed by atoms with Crippen molar-refractivity contribution in [1.82, 2.24) is 15.5 Å². The molecular weight excluding hydrogens is 464 g/mol. The molecule has 0 aromatic heterocycles. The number of aliphatic hydroxyl groups excluding tert-OH is 1. The number of carbonyl (C=O) groups is 3. The van der Waals surface area contributed by atoms with Crippen molar-refractivity contribution in [3.8, 4) is 6.07 Å². The van der Waals surface area contributed by atoms with Gasteiger partial charge in [-0.1, -0.05) is 0 Å². The van der Waals surface area contributed by atoms with E-state index in [2.05, 4.69) is 10.6 Å². The van der Waals surface area contributed by atoms with Gasteiger partial charge in [0.2, 0.25) is 0 Å². The van der Waals surface area contributed by atoms with E-state index in [1.165, 1.54) is 16.7 Å². The Morgan fingerprint density at radius 1 is 1.15 bits per heavy atom. The molecule has 1 aliphatic rings. The van der Waals surface area contributed by atoms with E-state index >= 15 is 0 Å². The fourth-order valence-electron chi connectivity index (χ4n) is 2.99. The van der Waals surface area contributed by atoms with Crippen molar-refractivity contribution in [2.24, 2.45) is 0 Å². The molecule has 0 aliphatic carbocycles. The number of thioether (sulfide) groups is 1. The molecule has 194 valence electrons. The van der Waals surface area contributed by atoms with Crippen LogP contribution < -0.4 is 10.6 Å². The maximum absolute atomic E-state index is 12.4. The number of nitrogens with zero attached hydrogens (tertiary/aromatic N) is 2. The Balaban J connectivity index is 2.50. The quantitative estimate of drug-likeness (QED) is 0.176. The normalized spacial score (nSPS) is 17.9. The lowest BCUT2D eigenvalue weighted by Crippen LogP contribution is -2.51. The molecular formula is C22H38N4O7S. The molecule has 0 saturated carbocycles. The van der Waals surface area contributed by atoms with E-state index in [0.29, 0.717) is 31.0 Å². The predicted octanol–water partition coefficient (Wildman–Crippen LogP) is 2.33. The van der Waals surface area contributed by atoms with Crippen molar-refractivity contribution < 1.29 is 33.7 Å². The molecule has 3 atom stereocenters. The predicted molar refractivity (Wildman–Crippen MR) is 127 cm³/mol. The highest BCUT2D eigenvalue weighted by atomic mass is 32.2. The molecule has 0 radical (unpaired) electrons. The molecule has 1 saturated heterocycles. The first kappa shape index (κ1) is 29.8. The number of amides is 2. The number of unbranched alkanes of at least 4 members (excludes halogenated alkanes) is 1. The maximum Gasteiger partial charge on any atom is 0.411 e. The third-order valence-electron chi connectivity index (χ3n) is 4.44. The van der Waals surface area contributed by atoms with Crippen molar-refractivity contribution in [3.05, 3.63) is 0 Å². The second-order valence-corrected chi connectivity index (χ2v) is 10.9. The number of ether oxygens (including phenoxy) is 3. The summed E-state index contributed by atoms with van der Waals surface area (Å²) in [5.74, 6) is 0.317. The first-order valence-electron chi connectivity index (χ1n) is 11.3. The van der Waals surface area contributed by atoms with Gasteiger partial charge in [0.25, 0.3) is 0 Å². The summed E-state index contributed by atoms with van der Waals surface area (Å²) in [5.41, 5.74) is -1.34. The number of nitrogens with one attached hydrogen (secondary N) is 2. The van der Waals surface area contributed by atoms with Gasteiger partial charge in [-0.15, -0.1) is 11.8 Å². The van der Waals surface area contributed by atoms with Crippen LogP contribution in [0.3, 0.4) is 0 Å². The molecule has 0 spiro atoms. The Bertz CT molecular complexity index is 730. The number of hydrogen-bond acceptors (Lipinski definition) is 10. The second kappa shape index (κ2) is 13.6. The average molecular weight is 503 g/mol. The number of carbonyl (C=O) groups excluding carboxylic acids is 3. The molecule has 12 heteroatoms. The van der Waals surface area contributed by atoms with Crippen molar-refractivity contribution in [2.45, 2.75) is 90.3 Å². The van der Waals surface area contributed by atoms with Gasteiger partial charge in [0.05, 0.1) is 11.9 Å². The highest BCUT2D eigenvalue weighted by Crippen LogP contribution is 2.25. The minimum atomic E-state index is -0.956. The second-order valence-electron chi connectivity index (χ2n) is 9.88. The summed E-state index contributed by atoms with van der Waals surface area (Å²) in [4.78, 5) is 38.1. The number of alkyl carbamates (subject to hydrolysis) is 1. The maximum atomic E-state index is 12.4. The van der Waals surface area contributed by atoms with Crippen LogP contribution in [-0.4, -0.2) is 82.5 Å². The topological polar surface area (TPSA) is 150 Å². The van der Waals surface area contributed by atoms with Crippen LogP contribution in [0, 0.1) is 11.3 Å². The van der Waals surface area contributed by atoms with Crippen LogP contribution in [0.2, 0.25) is 0 Å². The van der Waals surface area contributed by atoms with E-state index in [-0.39, 0.29) is 6.42 Å². The molecule has 1 heterocycles. The molecule has 1 unspecified atom stereocenters. The zero-order valence-corrected chi connectivity index (χ0v) is 21.7. The minimum absolute atomic E-state index is 0.268. The Labute approximate surface area is 205 Å². The van der Waals surface area contributed by atoms with Crippen LogP contribution in [0.1, 0.15) is 60.8 Å². The van der Waals surface area contributed by atoms with E-state index in [4.69, 9.17) is 19.5 Å². The Hall–Kier alpha value is -2.23. The van der Waals surface area contributed by atoms with Gasteiger partial charge in [-0.25, -0.2) is 14.4 Å². The lowest BCUT2D eigenvalue weighted by atomic mass is 10.1. The van der Waals surface area contributed by atoms with Gasteiger partial charge in [-0.2, -0.15) is 5.26 Å². The Morgan fingerprint density at radius 3 is 2.38 bits per heavy atom. The number of rotatable bonds is 10. The molecule has 1 aliphatic heterocycles. The van der Waals surface area contributed by atoms with Crippen LogP contribution >= 0.6 is 11.8 Å². The van der Waals surface area contributed by atoms with Gasteiger partial charge < -0.3 is 24.6 Å². The molecule has 0 aromatic rings. The first-order valence-corrected chi connectivity index (χ1v) is 12.4. The molecule has 0 aromatic carbocycles. The zero-order valence-electron chi connectivity index (χ0n) is 20.9. The molecule has 34 heavy (non-hydrogen) atoms. The van der Waals surface area contributed by atoms with Gasteiger partial charge >= 0.3 is 18.2 Å². The minimum Gasteiger partial charge on any atom is -0.449 e.